The van der Waals surface area contributed by atoms with E-state index in [1.807, 2.05) is 5.38 Å². The van der Waals surface area contributed by atoms with Crippen LogP contribution in [0, 0.1) is 5.92 Å². The van der Waals surface area contributed by atoms with Crippen molar-refractivity contribution in [3.8, 4) is 11.6 Å². The van der Waals surface area contributed by atoms with Gasteiger partial charge in [0.15, 0.2) is 5.82 Å². The summed E-state index contributed by atoms with van der Waals surface area (Å²) in [5.41, 5.74) is 8.46. The fraction of sp³-hybridized carbons (Fsp3) is 0.583. The maximum Gasteiger partial charge on any atom is 0.277 e. The van der Waals surface area contributed by atoms with E-state index in [2.05, 4.69) is 22.0 Å². The summed E-state index contributed by atoms with van der Waals surface area (Å²) in [6.07, 6.45) is 4.09. The average Bonchev–Trinajstić information content (AvgIpc) is 3.01. The minimum Gasteiger partial charge on any atom is -0.332 e. The van der Waals surface area contributed by atoms with E-state index in [0.29, 0.717) is 11.7 Å². The van der Waals surface area contributed by atoms with Crippen molar-refractivity contribution >= 4 is 11.3 Å². The van der Waals surface area contributed by atoms with E-state index < -0.39 is 5.54 Å². The Morgan fingerprint density at radius 3 is 2.89 bits per heavy atom. The van der Waals surface area contributed by atoms with Crippen molar-refractivity contribution in [2.75, 3.05) is 0 Å². The summed E-state index contributed by atoms with van der Waals surface area (Å²) < 4.78 is 5.26. The van der Waals surface area contributed by atoms with Crippen LogP contribution in [0.1, 0.15) is 38.4 Å². The van der Waals surface area contributed by atoms with Crippen molar-refractivity contribution in [3.05, 3.63) is 16.7 Å². The normalized spacial score (nSPS) is 28.4. The molecule has 2 aromatic heterocycles. The van der Waals surface area contributed by atoms with Gasteiger partial charge in [-0.3, -0.25) is 0 Å². The third-order valence-electron chi connectivity index (χ3n) is 3.69. The summed E-state index contributed by atoms with van der Waals surface area (Å²) in [4.78, 5) is 8.58. The number of hydrogen-bond acceptors (Lipinski definition) is 6. The molecule has 1 aliphatic rings. The topological polar surface area (TPSA) is 77.8 Å². The summed E-state index contributed by atoms with van der Waals surface area (Å²) in [6.45, 7) is 2.26. The highest BCUT2D eigenvalue weighted by Gasteiger charge is 2.36. The highest BCUT2D eigenvalue weighted by molar-refractivity contribution is 7.07. The van der Waals surface area contributed by atoms with Gasteiger partial charge in [0, 0.05) is 5.38 Å². The van der Waals surface area contributed by atoms with Gasteiger partial charge >= 0.3 is 0 Å². The van der Waals surface area contributed by atoms with E-state index in [1.165, 1.54) is 11.3 Å². The Kier molecular flexibility index (Phi) is 2.91. The van der Waals surface area contributed by atoms with E-state index in [4.69, 9.17) is 10.3 Å². The molecule has 0 unspecified atom stereocenters. The summed E-state index contributed by atoms with van der Waals surface area (Å²) >= 11 is 1.51. The molecule has 3 rings (SSSR count). The van der Waals surface area contributed by atoms with Crippen LogP contribution >= 0.6 is 11.3 Å². The lowest BCUT2D eigenvalue weighted by Crippen LogP contribution is -2.41. The van der Waals surface area contributed by atoms with Gasteiger partial charge in [-0.15, -0.1) is 11.3 Å². The predicted octanol–water partition coefficient (Wildman–Crippen LogP) is 2.56. The summed E-state index contributed by atoms with van der Waals surface area (Å²) in [5.74, 6) is 1.83. The van der Waals surface area contributed by atoms with E-state index in [1.54, 1.807) is 5.51 Å². The zero-order valence-electron chi connectivity index (χ0n) is 10.3. The Hall–Kier alpha value is -1.27. The number of thiazole rings is 1. The van der Waals surface area contributed by atoms with Crippen molar-refractivity contribution in [1.82, 2.24) is 15.1 Å². The molecule has 0 radical (unpaired) electrons. The molecule has 0 aliphatic heterocycles. The van der Waals surface area contributed by atoms with Crippen LogP contribution in [0.4, 0.5) is 0 Å². The van der Waals surface area contributed by atoms with Crippen LogP contribution in [0.2, 0.25) is 0 Å². The minimum atomic E-state index is -0.426. The lowest BCUT2D eigenvalue weighted by atomic mass is 9.77. The van der Waals surface area contributed by atoms with Gasteiger partial charge in [-0.1, -0.05) is 12.1 Å². The SMILES string of the molecule is CC1CCC(N)(c2noc(-c3cscn3)n2)CC1. The van der Waals surface area contributed by atoms with Crippen LogP contribution in [0.25, 0.3) is 11.6 Å². The van der Waals surface area contributed by atoms with Crippen molar-refractivity contribution in [2.24, 2.45) is 11.7 Å². The number of aromatic nitrogens is 3. The molecule has 2 heterocycles. The molecule has 18 heavy (non-hydrogen) atoms. The first kappa shape index (κ1) is 11.8. The molecule has 1 saturated carbocycles. The Morgan fingerprint density at radius 1 is 1.44 bits per heavy atom. The highest BCUT2D eigenvalue weighted by atomic mass is 32.1. The van der Waals surface area contributed by atoms with Crippen molar-refractivity contribution in [3.63, 3.8) is 0 Å². The van der Waals surface area contributed by atoms with E-state index in [9.17, 15) is 0 Å². The van der Waals surface area contributed by atoms with Crippen LogP contribution < -0.4 is 5.73 Å². The lowest BCUT2D eigenvalue weighted by Gasteiger charge is -2.33. The molecule has 0 aromatic carbocycles. The van der Waals surface area contributed by atoms with Crippen LogP contribution in [0.5, 0.6) is 0 Å². The molecule has 0 bridgehead atoms. The molecule has 2 aromatic rings. The van der Waals surface area contributed by atoms with Gasteiger partial charge in [0.25, 0.3) is 5.89 Å². The quantitative estimate of drug-likeness (QED) is 0.901. The second-order valence-corrected chi connectivity index (χ2v) is 5.85. The fourth-order valence-corrected chi connectivity index (χ4v) is 2.87. The van der Waals surface area contributed by atoms with Crippen LogP contribution in [-0.4, -0.2) is 15.1 Å². The second kappa shape index (κ2) is 4.44. The molecule has 2 N–H and O–H groups in total. The van der Waals surface area contributed by atoms with E-state index in [-0.39, 0.29) is 0 Å². The first-order chi connectivity index (χ1) is 8.67. The third kappa shape index (κ3) is 2.06. The van der Waals surface area contributed by atoms with E-state index in [0.717, 1.165) is 37.3 Å². The Bertz CT molecular complexity index is 514. The molecule has 0 atom stereocenters. The zero-order valence-corrected chi connectivity index (χ0v) is 11.1. The Morgan fingerprint density at radius 2 is 2.22 bits per heavy atom. The zero-order chi connectivity index (χ0) is 12.6. The molecule has 1 fully saturated rings. The standard InChI is InChI=1S/C12H16N4OS/c1-8-2-4-12(13,5-3-8)11-15-10(17-16-11)9-6-18-7-14-9/h6-8H,2-5,13H2,1H3. The van der Waals surface area contributed by atoms with Crippen molar-refractivity contribution in [1.29, 1.82) is 0 Å². The largest absolute Gasteiger partial charge is 0.332 e. The maximum atomic E-state index is 6.41. The lowest BCUT2D eigenvalue weighted by molar-refractivity contribution is 0.230. The molecule has 6 heteroatoms. The van der Waals surface area contributed by atoms with Gasteiger partial charge < -0.3 is 10.3 Å². The molecular formula is C12H16N4OS. The highest BCUT2D eigenvalue weighted by Crippen LogP contribution is 2.36. The van der Waals surface area contributed by atoms with Gasteiger partial charge in [0.05, 0.1) is 11.0 Å². The summed E-state index contributed by atoms with van der Waals surface area (Å²) in [5, 5.41) is 5.94. The first-order valence-electron chi connectivity index (χ1n) is 6.19. The van der Waals surface area contributed by atoms with Crippen LogP contribution in [0.3, 0.4) is 0 Å². The van der Waals surface area contributed by atoms with Gasteiger partial charge in [0.1, 0.15) is 5.69 Å². The van der Waals surface area contributed by atoms with Gasteiger partial charge in [-0.2, -0.15) is 4.98 Å². The molecular weight excluding hydrogens is 248 g/mol. The predicted molar refractivity (Wildman–Crippen MR) is 68.9 cm³/mol. The van der Waals surface area contributed by atoms with Gasteiger partial charge in [-0.05, 0) is 31.6 Å². The Labute approximate surface area is 109 Å². The molecule has 96 valence electrons. The van der Waals surface area contributed by atoms with Gasteiger partial charge in [-0.25, -0.2) is 4.98 Å². The first-order valence-corrected chi connectivity index (χ1v) is 7.13. The minimum absolute atomic E-state index is 0.426. The Balaban J connectivity index is 1.85. The van der Waals surface area contributed by atoms with Crippen LogP contribution in [0.15, 0.2) is 15.4 Å². The van der Waals surface area contributed by atoms with Crippen molar-refractivity contribution < 1.29 is 4.52 Å². The second-order valence-electron chi connectivity index (χ2n) is 5.14. The summed E-state index contributed by atoms with van der Waals surface area (Å²) in [7, 11) is 0. The number of rotatable bonds is 2. The molecule has 0 spiro atoms. The molecule has 5 nitrogen and oxygen atoms in total. The van der Waals surface area contributed by atoms with Crippen LogP contribution in [-0.2, 0) is 5.54 Å². The monoisotopic (exact) mass is 264 g/mol. The van der Waals surface area contributed by atoms with Crippen molar-refractivity contribution in [2.45, 2.75) is 38.1 Å². The number of nitrogens with zero attached hydrogens (tertiary/aromatic N) is 3. The number of hydrogen-bond donors (Lipinski definition) is 1. The van der Waals surface area contributed by atoms with E-state index >= 15 is 0 Å². The maximum absolute atomic E-state index is 6.41. The smallest absolute Gasteiger partial charge is 0.277 e. The average molecular weight is 264 g/mol. The summed E-state index contributed by atoms with van der Waals surface area (Å²) in [6, 6.07) is 0. The van der Waals surface area contributed by atoms with Gasteiger partial charge in [0.2, 0.25) is 0 Å². The molecule has 0 amide bonds. The molecule has 0 saturated heterocycles. The fourth-order valence-electron chi connectivity index (χ4n) is 2.35. The third-order valence-corrected chi connectivity index (χ3v) is 4.28. The molecule has 1 aliphatic carbocycles. The number of nitrogens with two attached hydrogens (primary N) is 1.